The summed E-state index contributed by atoms with van der Waals surface area (Å²) in [5, 5.41) is 16.9. The van der Waals surface area contributed by atoms with E-state index in [1.807, 2.05) is 0 Å². The second-order valence-corrected chi connectivity index (χ2v) is 6.56. The summed E-state index contributed by atoms with van der Waals surface area (Å²) in [6.07, 6.45) is 0. The smallest absolute Gasteiger partial charge is 0.239 e. The van der Waals surface area contributed by atoms with Crippen molar-refractivity contribution in [1.82, 2.24) is 4.47 Å². The Balaban J connectivity index is 2.67. The van der Waals surface area contributed by atoms with Gasteiger partial charge in [0.25, 0.3) is 0 Å². The van der Waals surface area contributed by atoms with E-state index >= 15 is 0 Å². The molecule has 2 rings (SSSR count). The zero-order valence-corrected chi connectivity index (χ0v) is 10.6. The van der Waals surface area contributed by atoms with E-state index in [-0.39, 0.29) is 21.5 Å². The molecular formula is C7H8ClN3O4S2. The van der Waals surface area contributed by atoms with Crippen molar-refractivity contribution < 1.29 is 17.8 Å². The molecule has 0 radical (unpaired) electrons. The van der Waals surface area contributed by atoms with Crippen LogP contribution in [0.5, 0.6) is 0 Å². The molecule has 0 saturated carbocycles. The van der Waals surface area contributed by atoms with Crippen LogP contribution >= 0.6 is 11.6 Å². The van der Waals surface area contributed by atoms with Crippen molar-refractivity contribution in [3.63, 3.8) is 0 Å². The lowest BCUT2D eigenvalue weighted by molar-refractivity contribution is 0.0157. The number of hydrogen-bond acceptors (Lipinski definition) is 5. The number of sulfonamides is 1. The third-order valence-electron chi connectivity index (χ3n) is 2.12. The van der Waals surface area contributed by atoms with E-state index < -0.39 is 21.0 Å². The number of nitrogens with zero attached hydrogens (tertiary/aromatic N) is 1. The Bertz CT molecular complexity index is 603. The number of halogens is 1. The summed E-state index contributed by atoms with van der Waals surface area (Å²) in [6, 6.07) is 2.39. The molecule has 1 aliphatic heterocycles. The highest BCUT2D eigenvalue weighted by Gasteiger charge is 2.26. The highest BCUT2D eigenvalue weighted by atomic mass is 35.5. The van der Waals surface area contributed by atoms with Gasteiger partial charge in [-0.1, -0.05) is 16.1 Å². The van der Waals surface area contributed by atoms with Crippen LogP contribution in [0.25, 0.3) is 0 Å². The molecule has 0 amide bonds. The van der Waals surface area contributed by atoms with Crippen LogP contribution in [-0.4, -0.2) is 29.0 Å². The summed E-state index contributed by atoms with van der Waals surface area (Å²) in [6.45, 7) is -0.0509. The largest absolute Gasteiger partial charge is 0.368 e. The molecule has 0 bridgehead atoms. The normalized spacial score (nSPS) is 20.8. The average Bonchev–Trinajstić information content (AvgIpc) is 2.21. The first-order chi connectivity index (χ1) is 7.80. The molecule has 0 aromatic heterocycles. The van der Waals surface area contributed by atoms with Crippen LogP contribution in [0.1, 0.15) is 0 Å². The molecule has 1 aromatic rings. The van der Waals surface area contributed by atoms with Crippen LogP contribution in [0.15, 0.2) is 21.9 Å². The monoisotopic (exact) mass is 297 g/mol. The molecule has 1 aliphatic rings. The van der Waals surface area contributed by atoms with Crippen molar-refractivity contribution in [3.8, 4) is 0 Å². The van der Waals surface area contributed by atoms with Crippen molar-refractivity contribution in [1.29, 1.82) is 0 Å². The first kappa shape index (κ1) is 12.7. The first-order valence-electron chi connectivity index (χ1n) is 4.29. The Morgan fingerprint density at radius 3 is 2.76 bits per heavy atom. The maximum atomic E-state index is 11.7. The zero-order chi connectivity index (χ0) is 12.8. The number of rotatable bonds is 1. The van der Waals surface area contributed by atoms with Gasteiger partial charge < -0.3 is 5.32 Å². The summed E-state index contributed by atoms with van der Waals surface area (Å²) < 4.78 is 34.7. The molecule has 10 heteroatoms. The summed E-state index contributed by atoms with van der Waals surface area (Å²) in [4.78, 5) is -0.226. The van der Waals surface area contributed by atoms with Crippen molar-refractivity contribution in [2.75, 3.05) is 12.0 Å². The highest BCUT2D eigenvalue weighted by Crippen LogP contribution is 2.32. The van der Waals surface area contributed by atoms with E-state index in [2.05, 4.69) is 5.32 Å². The lowest BCUT2D eigenvalue weighted by atomic mass is 10.3. The standard InChI is InChI=1S/C7H8ClN3O4S2/c8-4-1-5-6(2-7(4)17(9,14)15)16(13)11(12)3-10-5/h1-2,10,12H,3H2,(H2,9,14,15). The van der Waals surface area contributed by atoms with Gasteiger partial charge in [-0.2, -0.15) is 0 Å². The minimum Gasteiger partial charge on any atom is -0.368 e. The fourth-order valence-corrected chi connectivity index (χ4v) is 3.48. The van der Waals surface area contributed by atoms with Gasteiger partial charge in [0, 0.05) is 0 Å². The number of anilines is 1. The van der Waals surface area contributed by atoms with Crippen LogP contribution in [0, 0.1) is 0 Å². The Hall–Kier alpha value is -0.710. The molecule has 1 heterocycles. The second-order valence-electron chi connectivity index (χ2n) is 3.26. The average molecular weight is 298 g/mol. The fraction of sp³-hybridized carbons (Fsp3) is 0.143. The first-order valence-corrected chi connectivity index (χ1v) is 7.32. The minimum atomic E-state index is -4.00. The predicted molar refractivity (Wildman–Crippen MR) is 61.3 cm³/mol. The molecule has 0 saturated heterocycles. The Kier molecular flexibility index (Phi) is 3.14. The molecule has 17 heavy (non-hydrogen) atoms. The molecule has 1 atom stereocenters. The molecule has 7 nitrogen and oxygen atoms in total. The van der Waals surface area contributed by atoms with Gasteiger partial charge in [0.1, 0.15) is 11.6 Å². The van der Waals surface area contributed by atoms with E-state index in [1.54, 1.807) is 0 Å². The minimum absolute atomic E-state index is 0.0509. The predicted octanol–water partition coefficient (Wildman–Crippen LogP) is 0.0842. The van der Waals surface area contributed by atoms with Gasteiger partial charge in [0.05, 0.1) is 15.6 Å². The Morgan fingerprint density at radius 1 is 1.53 bits per heavy atom. The van der Waals surface area contributed by atoms with E-state index in [1.165, 1.54) is 6.07 Å². The number of hydroxylamine groups is 1. The van der Waals surface area contributed by atoms with Crippen molar-refractivity contribution in [2.45, 2.75) is 9.79 Å². The fourth-order valence-electron chi connectivity index (χ4n) is 1.36. The molecule has 4 N–H and O–H groups in total. The summed E-state index contributed by atoms with van der Waals surface area (Å²) in [5.41, 5.74) is 0.394. The lowest BCUT2D eigenvalue weighted by Crippen LogP contribution is -2.33. The quantitative estimate of drug-likeness (QED) is 0.679. The van der Waals surface area contributed by atoms with E-state index in [4.69, 9.17) is 16.7 Å². The molecule has 1 aromatic carbocycles. The van der Waals surface area contributed by atoms with Crippen molar-refractivity contribution in [3.05, 3.63) is 17.2 Å². The van der Waals surface area contributed by atoms with Gasteiger partial charge in [-0.05, 0) is 12.1 Å². The molecule has 0 spiro atoms. The van der Waals surface area contributed by atoms with Crippen molar-refractivity contribution in [2.24, 2.45) is 5.14 Å². The Morgan fingerprint density at radius 2 is 2.18 bits per heavy atom. The molecule has 0 aliphatic carbocycles. The van der Waals surface area contributed by atoms with Gasteiger partial charge in [0.2, 0.25) is 10.0 Å². The molecule has 1 unspecified atom stereocenters. The topological polar surface area (TPSA) is 113 Å². The van der Waals surface area contributed by atoms with E-state index in [9.17, 15) is 17.8 Å². The van der Waals surface area contributed by atoms with Crippen LogP contribution in [0.4, 0.5) is 5.69 Å². The highest BCUT2D eigenvalue weighted by molar-refractivity contribution is 7.89. The van der Waals surface area contributed by atoms with Crippen molar-refractivity contribution >= 4 is 38.3 Å². The number of fused-ring (bicyclic) bond motifs is 1. The maximum absolute atomic E-state index is 11.7. The van der Waals surface area contributed by atoms with E-state index in [0.29, 0.717) is 10.2 Å². The maximum Gasteiger partial charge on any atom is 0.239 e. The summed E-state index contributed by atoms with van der Waals surface area (Å²) in [7, 11) is -5.87. The lowest BCUT2D eigenvalue weighted by Gasteiger charge is -2.24. The number of nitrogens with one attached hydrogen (secondary N) is 1. The second kappa shape index (κ2) is 4.19. The SMILES string of the molecule is NS(=O)(=O)c1cc2c(cc1Cl)NCN(O)S2=O. The summed E-state index contributed by atoms with van der Waals surface area (Å²) in [5.74, 6) is 0. The zero-order valence-electron chi connectivity index (χ0n) is 8.25. The van der Waals surface area contributed by atoms with Gasteiger partial charge in [-0.25, -0.2) is 17.8 Å². The van der Waals surface area contributed by atoms with E-state index in [0.717, 1.165) is 6.07 Å². The third-order valence-corrected chi connectivity index (χ3v) is 4.73. The number of primary sulfonamides is 1. The molecule has 94 valence electrons. The third kappa shape index (κ3) is 2.30. The summed E-state index contributed by atoms with van der Waals surface area (Å²) >= 11 is 5.76. The van der Waals surface area contributed by atoms with Gasteiger partial charge in [-0.3, -0.25) is 5.21 Å². The number of nitrogens with two attached hydrogens (primary N) is 1. The van der Waals surface area contributed by atoms with Crippen LogP contribution in [-0.2, 0) is 21.0 Å². The molecule has 0 fully saturated rings. The van der Waals surface area contributed by atoms with Gasteiger partial charge in [-0.15, -0.1) is 0 Å². The van der Waals surface area contributed by atoms with Crippen LogP contribution in [0.2, 0.25) is 5.02 Å². The number of benzene rings is 1. The van der Waals surface area contributed by atoms with Gasteiger partial charge >= 0.3 is 0 Å². The van der Waals surface area contributed by atoms with Gasteiger partial charge in [0.15, 0.2) is 11.0 Å². The number of hydrogen-bond donors (Lipinski definition) is 3. The Labute approximate surface area is 105 Å². The van der Waals surface area contributed by atoms with Crippen LogP contribution < -0.4 is 10.5 Å². The van der Waals surface area contributed by atoms with Crippen LogP contribution in [0.3, 0.4) is 0 Å². The molecular weight excluding hydrogens is 290 g/mol.